The van der Waals surface area contributed by atoms with Crippen molar-refractivity contribution >= 4 is 21.1 Å². The zero-order valence-electron chi connectivity index (χ0n) is 15.6. The van der Waals surface area contributed by atoms with Crippen molar-refractivity contribution in [2.24, 2.45) is 5.92 Å². The zero-order valence-corrected chi connectivity index (χ0v) is 16.4. The van der Waals surface area contributed by atoms with Crippen LogP contribution in [-0.2, 0) is 10.0 Å². The van der Waals surface area contributed by atoms with Gasteiger partial charge in [-0.1, -0.05) is 30.3 Å². The fraction of sp³-hybridized carbons (Fsp3) is 0.350. The number of oxazole rings is 1. The van der Waals surface area contributed by atoms with E-state index in [2.05, 4.69) is 33.7 Å². The molecule has 2 atom stereocenters. The SMILES string of the molecule is C[C@@H](c1ccccc1)N1CC[C@H](CNS(=O)(=O)c2ccc3[nH]c(=O)oc3c2)C1. The quantitative estimate of drug-likeness (QED) is 0.662. The Hall–Kier alpha value is -2.42. The van der Waals surface area contributed by atoms with Crippen LogP contribution in [0.2, 0.25) is 0 Å². The van der Waals surface area contributed by atoms with Crippen molar-refractivity contribution in [1.82, 2.24) is 14.6 Å². The van der Waals surface area contributed by atoms with Crippen molar-refractivity contribution in [2.45, 2.75) is 24.3 Å². The summed E-state index contributed by atoms with van der Waals surface area (Å²) in [5.41, 5.74) is 1.98. The van der Waals surface area contributed by atoms with Crippen molar-refractivity contribution in [1.29, 1.82) is 0 Å². The van der Waals surface area contributed by atoms with Crippen molar-refractivity contribution < 1.29 is 12.8 Å². The van der Waals surface area contributed by atoms with Crippen LogP contribution in [-0.4, -0.2) is 37.9 Å². The Balaban J connectivity index is 1.39. The van der Waals surface area contributed by atoms with E-state index in [0.29, 0.717) is 18.1 Å². The molecule has 28 heavy (non-hydrogen) atoms. The molecule has 0 spiro atoms. The average molecular weight is 401 g/mol. The van der Waals surface area contributed by atoms with Crippen molar-refractivity contribution in [2.75, 3.05) is 19.6 Å². The third-order valence-electron chi connectivity index (χ3n) is 5.41. The molecule has 2 heterocycles. The number of sulfonamides is 1. The van der Waals surface area contributed by atoms with E-state index >= 15 is 0 Å². The summed E-state index contributed by atoms with van der Waals surface area (Å²) >= 11 is 0. The minimum atomic E-state index is -3.66. The molecule has 4 rings (SSSR count). The molecule has 2 aromatic carbocycles. The molecule has 1 saturated heterocycles. The maximum absolute atomic E-state index is 12.6. The van der Waals surface area contributed by atoms with Gasteiger partial charge in [-0.2, -0.15) is 0 Å². The van der Waals surface area contributed by atoms with Crippen LogP contribution < -0.4 is 10.5 Å². The fourth-order valence-corrected chi connectivity index (χ4v) is 4.86. The number of rotatable bonds is 6. The number of benzene rings is 2. The molecule has 7 nitrogen and oxygen atoms in total. The number of hydrogen-bond donors (Lipinski definition) is 2. The molecule has 1 aliphatic rings. The van der Waals surface area contributed by atoms with Crippen molar-refractivity contribution in [3.63, 3.8) is 0 Å². The van der Waals surface area contributed by atoms with Gasteiger partial charge in [-0.25, -0.2) is 17.9 Å². The first-order chi connectivity index (χ1) is 13.4. The molecule has 8 heteroatoms. The minimum Gasteiger partial charge on any atom is -0.408 e. The molecule has 0 amide bonds. The number of aromatic amines is 1. The van der Waals surface area contributed by atoms with Crippen LogP contribution in [0.3, 0.4) is 0 Å². The van der Waals surface area contributed by atoms with Gasteiger partial charge in [-0.3, -0.25) is 9.88 Å². The van der Waals surface area contributed by atoms with Gasteiger partial charge >= 0.3 is 5.76 Å². The van der Waals surface area contributed by atoms with Gasteiger partial charge in [-0.05, 0) is 43.5 Å². The smallest absolute Gasteiger partial charge is 0.408 e. The third-order valence-corrected chi connectivity index (χ3v) is 6.83. The lowest BCUT2D eigenvalue weighted by molar-refractivity contribution is 0.253. The third kappa shape index (κ3) is 3.89. The molecular weight excluding hydrogens is 378 g/mol. The maximum Gasteiger partial charge on any atom is 0.417 e. The minimum absolute atomic E-state index is 0.0928. The summed E-state index contributed by atoms with van der Waals surface area (Å²) in [5, 5.41) is 0. The van der Waals surface area contributed by atoms with Gasteiger partial charge in [0.25, 0.3) is 0 Å². The summed E-state index contributed by atoms with van der Waals surface area (Å²) in [7, 11) is -3.66. The van der Waals surface area contributed by atoms with Crippen LogP contribution in [0.5, 0.6) is 0 Å². The highest BCUT2D eigenvalue weighted by atomic mass is 32.2. The summed E-state index contributed by atoms with van der Waals surface area (Å²) in [6, 6.07) is 15.0. The Bertz CT molecular complexity index is 1120. The average Bonchev–Trinajstić information content (AvgIpc) is 3.31. The van der Waals surface area contributed by atoms with Gasteiger partial charge < -0.3 is 4.42 Å². The Labute approximate surface area is 163 Å². The van der Waals surface area contributed by atoms with E-state index < -0.39 is 15.8 Å². The van der Waals surface area contributed by atoms with Crippen LogP contribution in [0.25, 0.3) is 11.1 Å². The first-order valence-corrected chi connectivity index (χ1v) is 10.8. The van der Waals surface area contributed by atoms with Gasteiger partial charge in [0.05, 0.1) is 10.4 Å². The van der Waals surface area contributed by atoms with Crippen molar-refractivity contribution in [3.05, 3.63) is 64.6 Å². The van der Waals surface area contributed by atoms with E-state index in [1.807, 2.05) is 18.2 Å². The van der Waals surface area contributed by atoms with E-state index in [4.69, 9.17) is 4.42 Å². The molecule has 148 valence electrons. The van der Waals surface area contributed by atoms with Crippen LogP contribution in [0, 0.1) is 5.92 Å². The zero-order chi connectivity index (χ0) is 19.7. The van der Waals surface area contributed by atoms with E-state index in [1.165, 1.54) is 23.8 Å². The second kappa shape index (κ2) is 7.54. The lowest BCUT2D eigenvalue weighted by Gasteiger charge is -2.24. The largest absolute Gasteiger partial charge is 0.417 e. The summed E-state index contributed by atoms with van der Waals surface area (Å²) in [6.45, 7) is 4.37. The lowest BCUT2D eigenvalue weighted by Crippen LogP contribution is -2.31. The molecule has 1 fully saturated rings. The van der Waals surface area contributed by atoms with Gasteiger partial charge in [0.15, 0.2) is 5.58 Å². The number of likely N-dealkylation sites (tertiary alicyclic amines) is 1. The van der Waals surface area contributed by atoms with Crippen LogP contribution >= 0.6 is 0 Å². The molecule has 3 aromatic rings. The van der Waals surface area contributed by atoms with Crippen LogP contribution in [0.15, 0.2) is 62.6 Å². The highest BCUT2D eigenvalue weighted by Crippen LogP contribution is 2.27. The van der Waals surface area contributed by atoms with Gasteiger partial charge in [0.2, 0.25) is 10.0 Å². The predicted octanol–water partition coefficient (Wildman–Crippen LogP) is 2.48. The molecule has 2 N–H and O–H groups in total. The Morgan fingerprint density at radius 3 is 2.82 bits per heavy atom. The fourth-order valence-electron chi connectivity index (χ4n) is 3.73. The first kappa shape index (κ1) is 18.9. The second-order valence-corrected chi connectivity index (χ2v) is 9.03. The molecule has 0 aliphatic carbocycles. The molecule has 0 unspecified atom stereocenters. The van der Waals surface area contributed by atoms with Gasteiger partial charge in [0, 0.05) is 25.2 Å². The number of H-pyrrole nitrogens is 1. The number of fused-ring (bicyclic) bond motifs is 1. The Kier molecular flexibility index (Phi) is 5.09. The number of nitrogens with zero attached hydrogens (tertiary/aromatic N) is 1. The van der Waals surface area contributed by atoms with E-state index in [-0.39, 0.29) is 16.4 Å². The van der Waals surface area contributed by atoms with Crippen molar-refractivity contribution in [3.8, 4) is 0 Å². The molecule has 1 aliphatic heterocycles. The van der Waals surface area contributed by atoms with E-state index in [1.54, 1.807) is 0 Å². The Morgan fingerprint density at radius 2 is 2.04 bits per heavy atom. The molecule has 0 saturated carbocycles. The first-order valence-electron chi connectivity index (χ1n) is 9.34. The molecular formula is C20H23N3O4S. The second-order valence-electron chi connectivity index (χ2n) is 7.26. The number of aromatic nitrogens is 1. The lowest BCUT2D eigenvalue weighted by atomic mass is 10.1. The summed E-state index contributed by atoms with van der Waals surface area (Å²) < 4.78 is 32.9. The van der Waals surface area contributed by atoms with Crippen LogP contribution in [0.1, 0.15) is 24.9 Å². The normalized spacial score (nSPS) is 19.2. The van der Waals surface area contributed by atoms with E-state index in [0.717, 1.165) is 19.5 Å². The highest BCUT2D eigenvalue weighted by molar-refractivity contribution is 7.89. The highest BCUT2D eigenvalue weighted by Gasteiger charge is 2.28. The predicted molar refractivity (Wildman–Crippen MR) is 107 cm³/mol. The van der Waals surface area contributed by atoms with Gasteiger partial charge in [0.1, 0.15) is 0 Å². The molecule has 1 aromatic heterocycles. The van der Waals surface area contributed by atoms with Gasteiger partial charge in [-0.15, -0.1) is 0 Å². The summed E-state index contributed by atoms with van der Waals surface area (Å²) in [6.07, 6.45) is 0.950. The standard InChI is InChI=1S/C20H23N3O4S/c1-14(16-5-3-2-4-6-16)23-10-9-15(13-23)12-21-28(25,26)17-7-8-18-19(11-17)27-20(24)22-18/h2-8,11,14-15,21H,9-10,12-13H2,1H3,(H,22,24)/t14-,15+/m0/s1. The van der Waals surface area contributed by atoms with Crippen LogP contribution in [0.4, 0.5) is 0 Å². The van der Waals surface area contributed by atoms with E-state index in [9.17, 15) is 13.2 Å². The summed E-state index contributed by atoms with van der Waals surface area (Å²) in [5.74, 6) is -0.342. The summed E-state index contributed by atoms with van der Waals surface area (Å²) in [4.78, 5) is 16.2. The topological polar surface area (TPSA) is 95.4 Å². The molecule has 0 bridgehead atoms. The Morgan fingerprint density at radius 1 is 1.25 bits per heavy atom. The molecule has 0 radical (unpaired) electrons. The monoisotopic (exact) mass is 401 g/mol. The maximum atomic E-state index is 12.6. The number of hydrogen-bond acceptors (Lipinski definition) is 5. The number of nitrogens with one attached hydrogen (secondary N) is 2.